The molecule has 5 rings (SSSR count). The van der Waals surface area contributed by atoms with Gasteiger partial charge < -0.3 is 10.1 Å². The van der Waals surface area contributed by atoms with E-state index in [-0.39, 0.29) is 0 Å². The number of rotatable bonds is 4. The zero-order chi connectivity index (χ0) is 18.8. The minimum atomic E-state index is 0.791. The van der Waals surface area contributed by atoms with Crippen LogP contribution in [0.5, 0.6) is 11.5 Å². The summed E-state index contributed by atoms with van der Waals surface area (Å²) in [5.41, 5.74) is 3.97. The highest BCUT2D eigenvalue weighted by molar-refractivity contribution is 6.08. The molecule has 0 saturated heterocycles. The highest BCUT2D eigenvalue weighted by atomic mass is 16.5. The number of nitrogens with zero attached hydrogens (tertiary/aromatic N) is 1. The lowest BCUT2D eigenvalue weighted by molar-refractivity contribution is 0.483. The first-order valence-corrected chi connectivity index (χ1v) is 9.24. The van der Waals surface area contributed by atoms with Gasteiger partial charge in [0, 0.05) is 22.5 Å². The molecule has 1 heterocycles. The number of hydrogen-bond donors (Lipinski definition) is 1. The maximum atomic E-state index is 5.98. The molecule has 0 spiro atoms. The fraction of sp³-hybridized carbons (Fsp3) is 0. The maximum Gasteiger partial charge on any atom is 0.129 e. The number of pyridine rings is 1. The van der Waals surface area contributed by atoms with Crippen LogP contribution in [0.2, 0.25) is 0 Å². The number of anilines is 2. The molecule has 0 unspecified atom stereocenters. The van der Waals surface area contributed by atoms with Gasteiger partial charge in [-0.1, -0.05) is 60.7 Å². The lowest BCUT2D eigenvalue weighted by atomic mass is 10.1. The van der Waals surface area contributed by atoms with Crippen LogP contribution in [-0.4, -0.2) is 4.98 Å². The molecule has 0 saturated carbocycles. The Morgan fingerprint density at radius 2 is 1.18 bits per heavy atom. The molecule has 0 aliphatic heterocycles. The molecule has 3 heteroatoms. The summed E-state index contributed by atoms with van der Waals surface area (Å²) in [5.74, 6) is 1.61. The van der Waals surface area contributed by atoms with Crippen molar-refractivity contribution in [3.8, 4) is 11.5 Å². The molecule has 5 aromatic rings. The van der Waals surface area contributed by atoms with Gasteiger partial charge in [-0.05, 0) is 36.4 Å². The van der Waals surface area contributed by atoms with Crippen LogP contribution in [0.1, 0.15) is 0 Å². The van der Waals surface area contributed by atoms with Gasteiger partial charge in [0.2, 0.25) is 0 Å². The van der Waals surface area contributed by atoms with Crippen molar-refractivity contribution in [2.75, 3.05) is 5.32 Å². The Morgan fingerprint density at radius 3 is 1.89 bits per heavy atom. The van der Waals surface area contributed by atoms with Gasteiger partial charge in [-0.25, -0.2) is 4.98 Å². The summed E-state index contributed by atoms with van der Waals surface area (Å²) in [7, 11) is 0. The summed E-state index contributed by atoms with van der Waals surface area (Å²) >= 11 is 0. The maximum absolute atomic E-state index is 5.98. The average Bonchev–Trinajstić information content (AvgIpc) is 2.75. The Balaban J connectivity index is 1.57. The predicted molar refractivity (Wildman–Crippen MR) is 115 cm³/mol. The van der Waals surface area contributed by atoms with E-state index in [1.165, 1.54) is 0 Å². The topological polar surface area (TPSA) is 34.1 Å². The molecule has 3 nitrogen and oxygen atoms in total. The molecule has 0 aliphatic carbocycles. The summed E-state index contributed by atoms with van der Waals surface area (Å²) < 4.78 is 5.98. The van der Waals surface area contributed by atoms with Crippen molar-refractivity contribution in [3.63, 3.8) is 0 Å². The highest BCUT2D eigenvalue weighted by Gasteiger charge is 2.09. The van der Waals surface area contributed by atoms with Crippen LogP contribution in [-0.2, 0) is 0 Å². The normalized spacial score (nSPS) is 10.9. The van der Waals surface area contributed by atoms with Crippen molar-refractivity contribution >= 4 is 33.2 Å². The lowest BCUT2D eigenvalue weighted by Crippen LogP contribution is -1.95. The molecule has 0 atom stereocenters. The Hall–Kier alpha value is -3.85. The first kappa shape index (κ1) is 16.3. The van der Waals surface area contributed by atoms with Gasteiger partial charge in [-0.3, -0.25) is 0 Å². The quantitative estimate of drug-likeness (QED) is 0.352. The largest absolute Gasteiger partial charge is 0.457 e. The average molecular weight is 362 g/mol. The van der Waals surface area contributed by atoms with Crippen LogP contribution in [0.4, 0.5) is 11.4 Å². The van der Waals surface area contributed by atoms with E-state index in [2.05, 4.69) is 17.4 Å². The van der Waals surface area contributed by atoms with E-state index in [0.717, 1.165) is 44.7 Å². The van der Waals surface area contributed by atoms with Crippen LogP contribution in [0.15, 0.2) is 103 Å². The van der Waals surface area contributed by atoms with Crippen molar-refractivity contribution in [2.45, 2.75) is 0 Å². The second-order valence-electron chi connectivity index (χ2n) is 6.59. The molecular weight excluding hydrogens is 344 g/mol. The molecule has 28 heavy (non-hydrogen) atoms. The minimum absolute atomic E-state index is 0.791. The zero-order valence-corrected chi connectivity index (χ0v) is 15.2. The highest BCUT2D eigenvalue weighted by Crippen LogP contribution is 2.34. The number of ether oxygens (including phenoxy) is 1. The summed E-state index contributed by atoms with van der Waals surface area (Å²) in [5, 5.41) is 5.78. The number of para-hydroxylation sites is 3. The number of fused-ring (bicyclic) bond motifs is 2. The predicted octanol–water partition coefficient (Wildman–Crippen LogP) is 6.92. The van der Waals surface area contributed by atoms with E-state index in [0.29, 0.717) is 0 Å². The molecule has 0 aliphatic rings. The molecule has 4 aromatic carbocycles. The molecule has 1 N–H and O–H groups in total. The van der Waals surface area contributed by atoms with Crippen LogP contribution in [0.3, 0.4) is 0 Å². The number of aromatic nitrogens is 1. The minimum Gasteiger partial charge on any atom is -0.457 e. The summed E-state index contributed by atoms with van der Waals surface area (Å²) in [4.78, 5) is 4.79. The molecule has 1 aromatic heterocycles. The van der Waals surface area contributed by atoms with Crippen LogP contribution in [0, 0.1) is 0 Å². The van der Waals surface area contributed by atoms with E-state index in [4.69, 9.17) is 9.72 Å². The van der Waals surface area contributed by atoms with Crippen molar-refractivity contribution in [1.82, 2.24) is 4.98 Å². The molecule has 0 amide bonds. The Morgan fingerprint density at radius 1 is 0.571 bits per heavy atom. The number of benzene rings is 4. The molecule has 0 fully saturated rings. The van der Waals surface area contributed by atoms with E-state index in [1.54, 1.807) is 0 Å². The van der Waals surface area contributed by atoms with Crippen molar-refractivity contribution in [2.24, 2.45) is 0 Å². The van der Waals surface area contributed by atoms with Gasteiger partial charge in [0.05, 0.1) is 16.7 Å². The van der Waals surface area contributed by atoms with Crippen LogP contribution in [0.25, 0.3) is 21.8 Å². The second kappa shape index (κ2) is 7.05. The van der Waals surface area contributed by atoms with Crippen LogP contribution >= 0.6 is 0 Å². The van der Waals surface area contributed by atoms with Crippen molar-refractivity contribution in [1.29, 1.82) is 0 Å². The Bertz CT molecular complexity index is 1210. The van der Waals surface area contributed by atoms with E-state index < -0.39 is 0 Å². The first-order chi connectivity index (χ1) is 13.9. The van der Waals surface area contributed by atoms with E-state index in [9.17, 15) is 0 Å². The molecular formula is C25H18N2O. The second-order valence-corrected chi connectivity index (χ2v) is 6.59. The third-order valence-corrected chi connectivity index (χ3v) is 4.67. The van der Waals surface area contributed by atoms with Gasteiger partial charge in [0.25, 0.3) is 0 Å². The zero-order valence-electron chi connectivity index (χ0n) is 15.2. The van der Waals surface area contributed by atoms with Crippen molar-refractivity contribution < 1.29 is 4.74 Å². The van der Waals surface area contributed by atoms with Gasteiger partial charge in [-0.2, -0.15) is 0 Å². The molecule has 0 bridgehead atoms. The van der Waals surface area contributed by atoms with Gasteiger partial charge in [0.1, 0.15) is 11.5 Å². The van der Waals surface area contributed by atoms with Gasteiger partial charge in [-0.15, -0.1) is 0 Å². The third-order valence-electron chi connectivity index (χ3n) is 4.67. The fourth-order valence-corrected chi connectivity index (χ4v) is 3.38. The summed E-state index contributed by atoms with van der Waals surface area (Å²) in [6.07, 6.45) is 0. The van der Waals surface area contributed by atoms with Crippen molar-refractivity contribution in [3.05, 3.63) is 103 Å². The van der Waals surface area contributed by atoms with E-state index in [1.807, 2.05) is 91.0 Å². The Labute approximate surface area is 163 Å². The Kier molecular flexibility index (Phi) is 4.11. The first-order valence-electron chi connectivity index (χ1n) is 9.24. The lowest BCUT2D eigenvalue weighted by Gasteiger charge is -2.14. The SMILES string of the molecule is c1ccc(Oc2cccc(Nc3c4ccccc4nc4ccccc34)c2)cc1. The standard InChI is InChI=1S/C25H18N2O/c1-2-10-19(11-3-1)28-20-12-8-9-18(17-20)26-25-21-13-4-6-15-23(21)27-24-16-7-5-14-22(24)25/h1-17H,(H,26,27). The fourth-order valence-electron chi connectivity index (χ4n) is 3.38. The number of hydrogen-bond acceptors (Lipinski definition) is 3. The monoisotopic (exact) mass is 362 g/mol. The third kappa shape index (κ3) is 3.14. The smallest absolute Gasteiger partial charge is 0.129 e. The van der Waals surface area contributed by atoms with Gasteiger partial charge >= 0.3 is 0 Å². The number of nitrogens with one attached hydrogen (secondary N) is 1. The molecule has 134 valence electrons. The molecule has 0 radical (unpaired) electrons. The van der Waals surface area contributed by atoms with Gasteiger partial charge in [0.15, 0.2) is 0 Å². The van der Waals surface area contributed by atoms with Crippen LogP contribution < -0.4 is 10.1 Å². The summed E-state index contributed by atoms with van der Waals surface area (Å²) in [6.45, 7) is 0. The van der Waals surface area contributed by atoms with E-state index >= 15 is 0 Å². The summed E-state index contributed by atoms with van der Waals surface area (Å²) in [6, 6.07) is 34.2.